The van der Waals surface area contributed by atoms with Gasteiger partial charge in [0.2, 0.25) is 11.6 Å². The first-order valence-electron chi connectivity index (χ1n) is 6.44. The summed E-state index contributed by atoms with van der Waals surface area (Å²) in [6.45, 7) is 0. The molecule has 1 heterocycles. The van der Waals surface area contributed by atoms with Crippen molar-refractivity contribution in [1.29, 1.82) is 0 Å². The first kappa shape index (κ1) is 13.7. The van der Waals surface area contributed by atoms with Crippen molar-refractivity contribution in [2.45, 2.75) is 10.5 Å². The van der Waals surface area contributed by atoms with Gasteiger partial charge in [0.05, 0.1) is 0 Å². The Morgan fingerprint density at radius 3 is 1.29 bits per heavy atom. The van der Waals surface area contributed by atoms with Crippen molar-refractivity contribution in [3.63, 3.8) is 0 Å². The van der Waals surface area contributed by atoms with E-state index < -0.39 is 31.9 Å². The van der Waals surface area contributed by atoms with Gasteiger partial charge in [-0.15, -0.1) is 0 Å². The van der Waals surface area contributed by atoms with Crippen molar-refractivity contribution >= 4 is 21.4 Å². The second-order valence-corrected chi connectivity index (χ2v) is 7.02. The Morgan fingerprint density at radius 2 is 0.952 bits per heavy atom. The molecule has 0 unspecified atom stereocenters. The third kappa shape index (κ3) is 2.10. The summed E-state index contributed by atoms with van der Waals surface area (Å²) in [6, 6.07) is 16.3. The molecule has 1 aliphatic rings. The molecule has 0 amide bonds. The molecule has 1 aliphatic heterocycles. The van der Waals surface area contributed by atoms with Crippen LogP contribution in [0, 0.1) is 0 Å². The maximum Gasteiger partial charge on any atom is 0.222 e. The number of carbonyl (C=O) groups is 2. The molecule has 0 saturated carbocycles. The van der Waals surface area contributed by atoms with Gasteiger partial charge >= 0.3 is 0 Å². The van der Waals surface area contributed by atoms with Crippen molar-refractivity contribution in [3.8, 4) is 0 Å². The molecule has 0 bridgehead atoms. The van der Waals surface area contributed by atoms with Crippen LogP contribution in [0.3, 0.4) is 0 Å². The predicted molar refractivity (Wildman–Crippen MR) is 77.3 cm³/mol. The Hall–Kier alpha value is -2.27. The third-order valence-electron chi connectivity index (χ3n) is 3.58. The zero-order valence-electron chi connectivity index (χ0n) is 11.0. The van der Waals surface area contributed by atoms with Gasteiger partial charge in [-0.05, 0) is 11.1 Å². The quantitative estimate of drug-likeness (QED) is 0.796. The van der Waals surface area contributed by atoms with Crippen molar-refractivity contribution < 1.29 is 18.0 Å². The second kappa shape index (κ2) is 4.93. The van der Waals surface area contributed by atoms with Crippen LogP contribution >= 0.6 is 0 Å². The van der Waals surface area contributed by atoms with Crippen LogP contribution in [0.4, 0.5) is 0 Å². The van der Waals surface area contributed by atoms with Gasteiger partial charge in [0.1, 0.15) is 0 Å². The fourth-order valence-corrected chi connectivity index (χ4v) is 4.80. The summed E-state index contributed by atoms with van der Waals surface area (Å²) in [6.07, 6.45) is 0. The lowest BCUT2D eigenvalue weighted by Crippen LogP contribution is -2.15. The molecule has 0 radical (unpaired) electrons. The highest BCUT2D eigenvalue weighted by Crippen LogP contribution is 2.42. The van der Waals surface area contributed by atoms with E-state index in [0.717, 1.165) is 0 Å². The van der Waals surface area contributed by atoms with E-state index in [1.807, 2.05) is 0 Å². The van der Waals surface area contributed by atoms with Crippen molar-refractivity contribution in [2.24, 2.45) is 0 Å². The highest BCUT2D eigenvalue weighted by atomic mass is 32.2. The van der Waals surface area contributed by atoms with E-state index in [9.17, 15) is 18.0 Å². The number of hydrogen-bond donors (Lipinski definition) is 0. The Balaban J connectivity index is 2.15. The summed E-state index contributed by atoms with van der Waals surface area (Å²) >= 11 is 0. The van der Waals surface area contributed by atoms with Crippen LogP contribution in [0.15, 0.2) is 60.7 Å². The topological polar surface area (TPSA) is 68.3 Å². The molecule has 1 fully saturated rings. The molecule has 1 saturated heterocycles. The third-order valence-corrected chi connectivity index (χ3v) is 5.87. The van der Waals surface area contributed by atoms with Gasteiger partial charge in [-0.1, -0.05) is 60.7 Å². The number of sulfone groups is 1. The molecule has 2 aromatic carbocycles. The van der Waals surface area contributed by atoms with Gasteiger partial charge in [0, 0.05) is 0 Å². The van der Waals surface area contributed by atoms with Crippen LogP contribution in [-0.2, 0) is 19.4 Å². The van der Waals surface area contributed by atoms with Gasteiger partial charge in [-0.25, -0.2) is 8.42 Å². The summed E-state index contributed by atoms with van der Waals surface area (Å²) in [7, 11) is -3.93. The van der Waals surface area contributed by atoms with Crippen LogP contribution in [0.2, 0.25) is 0 Å². The first-order valence-corrected chi connectivity index (χ1v) is 8.05. The van der Waals surface area contributed by atoms with Gasteiger partial charge in [0.25, 0.3) is 0 Å². The monoisotopic (exact) mass is 300 g/mol. The Labute approximate surface area is 122 Å². The number of Topliss-reactive ketones (excluding diaryl/α,β-unsaturated/α-hetero) is 2. The maximum atomic E-state index is 12.7. The van der Waals surface area contributed by atoms with Crippen LogP contribution < -0.4 is 0 Å². The molecular weight excluding hydrogens is 288 g/mol. The highest BCUT2D eigenvalue weighted by Gasteiger charge is 2.55. The molecule has 4 nitrogen and oxygen atoms in total. The fraction of sp³-hybridized carbons (Fsp3) is 0.125. The smallest absolute Gasteiger partial charge is 0.222 e. The van der Waals surface area contributed by atoms with Crippen LogP contribution in [0.25, 0.3) is 0 Å². The zero-order chi connectivity index (χ0) is 15.0. The summed E-state index contributed by atoms with van der Waals surface area (Å²) in [4.78, 5) is 24.4. The van der Waals surface area contributed by atoms with Crippen LogP contribution in [0.1, 0.15) is 21.6 Å². The van der Waals surface area contributed by atoms with E-state index in [1.165, 1.54) is 0 Å². The highest BCUT2D eigenvalue weighted by molar-refractivity contribution is 7.94. The molecule has 21 heavy (non-hydrogen) atoms. The molecule has 3 rings (SSSR count). The first-order chi connectivity index (χ1) is 10.0. The molecule has 0 aromatic heterocycles. The van der Waals surface area contributed by atoms with Crippen molar-refractivity contribution in [2.75, 3.05) is 0 Å². The van der Waals surface area contributed by atoms with Gasteiger partial charge in [-0.2, -0.15) is 0 Å². The van der Waals surface area contributed by atoms with Crippen molar-refractivity contribution in [1.82, 2.24) is 0 Å². The lowest BCUT2D eigenvalue weighted by molar-refractivity contribution is -0.135. The number of hydrogen-bond acceptors (Lipinski definition) is 4. The number of rotatable bonds is 2. The summed E-state index contributed by atoms with van der Waals surface area (Å²) in [5.74, 6) is -1.70. The van der Waals surface area contributed by atoms with E-state index >= 15 is 0 Å². The average Bonchev–Trinajstić information content (AvgIpc) is 2.66. The number of ketones is 2. The van der Waals surface area contributed by atoms with E-state index in [0.29, 0.717) is 11.1 Å². The molecule has 2 aromatic rings. The van der Waals surface area contributed by atoms with Gasteiger partial charge in [-0.3, -0.25) is 9.59 Å². The molecule has 5 heteroatoms. The predicted octanol–water partition coefficient (Wildman–Crippen LogP) is 2.04. The molecule has 0 aliphatic carbocycles. The standard InChI is InChI=1S/C16H12O4S/c17-13-14(18)16(12-9-5-2-6-10-12)21(19,20)15(13)11-7-3-1-4-8-11/h1-10,15-16H/t15-,16+. The lowest BCUT2D eigenvalue weighted by atomic mass is 10.0. The number of carbonyl (C=O) groups excluding carboxylic acids is 2. The Morgan fingerprint density at radius 1 is 0.619 bits per heavy atom. The lowest BCUT2D eigenvalue weighted by Gasteiger charge is -2.11. The Bertz CT molecular complexity index is 731. The van der Waals surface area contributed by atoms with E-state index in [2.05, 4.69) is 0 Å². The van der Waals surface area contributed by atoms with Crippen molar-refractivity contribution in [3.05, 3.63) is 71.8 Å². The fourth-order valence-electron chi connectivity index (χ4n) is 2.63. The van der Waals surface area contributed by atoms with E-state index in [1.54, 1.807) is 60.7 Å². The molecule has 0 N–H and O–H groups in total. The van der Waals surface area contributed by atoms with E-state index in [4.69, 9.17) is 0 Å². The molecular formula is C16H12O4S. The van der Waals surface area contributed by atoms with Crippen LogP contribution in [0.5, 0.6) is 0 Å². The van der Waals surface area contributed by atoms with Gasteiger partial charge < -0.3 is 0 Å². The average molecular weight is 300 g/mol. The molecule has 2 atom stereocenters. The van der Waals surface area contributed by atoms with E-state index in [-0.39, 0.29) is 0 Å². The van der Waals surface area contributed by atoms with Gasteiger partial charge in [0.15, 0.2) is 20.3 Å². The summed E-state index contributed by atoms with van der Waals surface area (Å²) in [5, 5.41) is -2.78. The number of benzene rings is 2. The minimum absolute atomic E-state index is 0.342. The zero-order valence-corrected chi connectivity index (χ0v) is 11.8. The minimum atomic E-state index is -3.93. The maximum absolute atomic E-state index is 12.7. The Kier molecular flexibility index (Phi) is 3.22. The van der Waals surface area contributed by atoms with Crippen LogP contribution in [-0.4, -0.2) is 20.0 Å². The SMILES string of the molecule is O=C1C(=O)[C@@H](c2ccccc2)S(=O)(=O)[C@H]1c1ccccc1. The molecule has 0 spiro atoms. The summed E-state index contributed by atoms with van der Waals surface area (Å²) < 4.78 is 25.3. The second-order valence-electron chi connectivity index (χ2n) is 4.90. The summed E-state index contributed by atoms with van der Waals surface area (Å²) in [5.41, 5.74) is 0.684. The minimum Gasteiger partial charge on any atom is -0.289 e. The molecule has 106 valence electrons. The normalized spacial score (nSPS) is 24.2. The largest absolute Gasteiger partial charge is 0.289 e.